The molecule has 10 nitrogen and oxygen atoms in total. The first kappa shape index (κ1) is 40.9. The Kier molecular flexibility index (Phi) is 12.9. The Morgan fingerprint density at radius 1 is 0.424 bits per heavy atom. The van der Waals surface area contributed by atoms with Gasteiger partial charge in [-0.25, -0.2) is 16.8 Å². The number of sulfonamides is 2. The van der Waals surface area contributed by atoms with E-state index in [-0.39, 0.29) is 49.3 Å². The molecule has 7 rings (SSSR count). The van der Waals surface area contributed by atoms with Gasteiger partial charge in [0.2, 0.25) is 0 Å². The van der Waals surface area contributed by atoms with Gasteiger partial charge in [-0.15, -0.1) is 0 Å². The van der Waals surface area contributed by atoms with Gasteiger partial charge >= 0.3 is 0 Å². The van der Waals surface area contributed by atoms with Gasteiger partial charge in [0.05, 0.1) is 47.5 Å². The second-order valence-corrected chi connectivity index (χ2v) is 17.7. The molecular formula is C47H46N2O8S2. The van der Waals surface area contributed by atoms with Gasteiger partial charge in [0.15, 0.2) is 0 Å². The fourth-order valence-corrected chi connectivity index (χ4v) is 9.45. The van der Waals surface area contributed by atoms with E-state index < -0.39 is 20.0 Å². The number of para-hydroxylation sites is 6. The molecule has 0 aliphatic carbocycles. The average molecular weight is 831 g/mol. The molecule has 0 amide bonds. The molecule has 1 aliphatic rings. The molecule has 0 saturated carbocycles. The smallest absolute Gasteiger partial charge is 0.264 e. The maximum Gasteiger partial charge on any atom is 0.264 e. The van der Waals surface area contributed by atoms with Crippen LogP contribution in [0.4, 0.5) is 11.4 Å². The Balaban J connectivity index is 1.25. The molecule has 59 heavy (non-hydrogen) atoms. The highest BCUT2D eigenvalue weighted by molar-refractivity contribution is 7.93. The standard InChI is InChI=1S/C47H46N2O8S2/c1-36-22-26-40(27-23-36)58(50,51)48-34-38-14-3-7-18-44(38)54-30-11-12-31-55-45-19-8-4-15-39(45)35-49(59(52,53)41-28-24-37(2)25-29-41)43-17-6-10-21-47(43)57-33-13-32-56-46-20-9-5-16-42(46)48/h3-12,14-29H,13,30-35H2,1-2H3/b12-11-. The highest BCUT2D eigenvalue weighted by atomic mass is 32.2. The Morgan fingerprint density at radius 3 is 1.19 bits per heavy atom. The molecule has 0 spiro atoms. The first-order valence-electron chi connectivity index (χ1n) is 19.3. The van der Waals surface area contributed by atoms with Crippen molar-refractivity contribution in [3.8, 4) is 23.0 Å². The van der Waals surface area contributed by atoms with Crippen LogP contribution in [0.5, 0.6) is 23.0 Å². The molecule has 0 unspecified atom stereocenters. The van der Waals surface area contributed by atoms with Crippen LogP contribution >= 0.6 is 0 Å². The molecule has 1 heterocycles. The number of aryl methyl sites for hydroxylation is 2. The van der Waals surface area contributed by atoms with E-state index in [1.807, 2.05) is 74.5 Å². The van der Waals surface area contributed by atoms with Crippen LogP contribution in [-0.2, 0) is 33.1 Å². The molecule has 1 aliphatic heterocycles. The van der Waals surface area contributed by atoms with Gasteiger partial charge in [-0.3, -0.25) is 8.61 Å². The summed E-state index contributed by atoms with van der Waals surface area (Å²) in [6, 6.07) is 42.3. The van der Waals surface area contributed by atoms with Crippen LogP contribution in [0.25, 0.3) is 0 Å². The molecule has 0 radical (unpaired) electrons. The van der Waals surface area contributed by atoms with Gasteiger partial charge in [0.25, 0.3) is 20.0 Å². The SMILES string of the molecule is Cc1ccc(S(=O)(=O)N2Cc3ccccc3OC/C=C\COc3ccccc3CN(S(=O)(=O)c3ccc(C)cc3)c3ccccc3OCCCOc3ccccc32)cc1. The maximum atomic E-state index is 14.5. The van der Waals surface area contributed by atoms with E-state index in [1.54, 1.807) is 97.1 Å². The summed E-state index contributed by atoms with van der Waals surface area (Å²) in [5, 5.41) is 0. The average Bonchev–Trinajstić information content (AvgIpc) is 3.24. The van der Waals surface area contributed by atoms with Crippen LogP contribution in [0.2, 0.25) is 0 Å². The van der Waals surface area contributed by atoms with Crippen molar-refractivity contribution in [2.24, 2.45) is 0 Å². The minimum atomic E-state index is -4.09. The lowest BCUT2D eigenvalue weighted by Gasteiger charge is -2.28. The van der Waals surface area contributed by atoms with Gasteiger partial charge < -0.3 is 18.9 Å². The monoisotopic (exact) mass is 830 g/mol. The predicted octanol–water partition coefficient (Wildman–Crippen LogP) is 9.27. The van der Waals surface area contributed by atoms with Crippen molar-refractivity contribution in [1.82, 2.24) is 0 Å². The summed E-state index contributed by atoms with van der Waals surface area (Å²) < 4.78 is 85.7. The highest BCUT2D eigenvalue weighted by Gasteiger charge is 2.30. The third-order valence-corrected chi connectivity index (χ3v) is 13.2. The Bertz CT molecular complexity index is 2430. The van der Waals surface area contributed by atoms with Crippen molar-refractivity contribution < 1.29 is 35.8 Å². The summed E-state index contributed by atoms with van der Waals surface area (Å²) in [5.74, 6) is 1.79. The summed E-state index contributed by atoms with van der Waals surface area (Å²) in [6.07, 6.45) is 4.04. The van der Waals surface area contributed by atoms with E-state index in [9.17, 15) is 16.8 Å². The molecule has 304 valence electrons. The van der Waals surface area contributed by atoms with Crippen molar-refractivity contribution in [3.63, 3.8) is 0 Å². The number of fused-ring (bicyclic) bond motifs is 4. The number of nitrogens with zero attached hydrogens (tertiary/aromatic N) is 2. The molecule has 6 aromatic rings. The number of rotatable bonds is 4. The third-order valence-electron chi connectivity index (χ3n) is 9.70. The Hall–Kier alpha value is -6.24. The zero-order valence-corrected chi connectivity index (χ0v) is 34.6. The Morgan fingerprint density at radius 2 is 0.780 bits per heavy atom. The first-order chi connectivity index (χ1) is 28.6. The topological polar surface area (TPSA) is 112 Å². The Labute approximate surface area is 347 Å². The van der Waals surface area contributed by atoms with Gasteiger partial charge in [-0.05, 0) is 86.7 Å². The molecule has 0 bridgehead atoms. The molecule has 0 N–H and O–H groups in total. The third kappa shape index (κ3) is 9.73. The highest BCUT2D eigenvalue weighted by Crippen LogP contribution is 2.37. The summed E-state index contributed by atoms with van der Waals surface area (Å²) in [4.78, 5) is 0.285. The van der Waals surface area contributed by atoms with Crippen LogP contribution in [-0.4, -0.2) is 43.3 Å². The van der Waals surface area contributed by atoms with Gasteiger partial charge in [-0.1, -0.05) is 96.1 Å². The van der Waals surface area contributed by atoms with Crippen LogP contribution < -0.4 is 27.6 Å². The first-order valence-corrected chi connectivity index (χ1v) is 22.2. The molecule has 6 aromatic carbocycles. The molecule has 0 saturated heterocycles. The fourth-order valence-electron chi connectivity index (χ4n) is 6.54. The van der Waals surface area contributed by atoms with E-state index in [2.05, 4.69) is 0 Å². The summed E-state index contributed by atoms with van der Waals surface area (Å²) >= 11 is 0. The molecule has 0 aromatic heterocycles. The second-order valence-electron chi connectivity index (χ2n) is 13.9. The normalized spacial score (nSPS) is 15.0. The van der Waals surface area contributed by atoms with Crippen molar-refractivity contribution in [1.29, 1.82) is 0 Å². The molecule has 0 atom stereocenters. The van der Waals surface area contributed by atoms with Gasteiger partial charge in [0, 0.05) is 17.5 Å². The quantitative estimate of drug-likeness (QED) is 0.162. The van der Waals surface area contributed by atoms with Crippen LogP contribution in [0.1, 0.15) is 28.7 Å². The minimum absolute atomic E-state index is 0.0295. The summed E-state index contributed by atoms with van der Waals surface area (Å²) in [5.41, 5.74) is 3.92. The lowest BCUT2D eigenvalue weighted by Crippen LogP contribution is -2.31. The van der Waals surface area contributed by atoms with E-state index in [4.69, 9.17) is 18.9 Å². The molecule has 12 heteroatoms. The van der Waals surface area contributed by atoms with E-state index in [0.717, 1.165) is 11.1 Å². The van der Waals surface area contributed by atoms with Crippen molar-refractivity contribution in [3.05, 3.63) is 180 Å². The maximum absolute atomic E-state index is 14.5. The fraction of sp³-hybridized carbons (Fsp3) is 0.191. The number of anilines is 2. The minimum Gasteiger partial charge on any atom is -0.491 e. The van der Waals surface area contributed by atoms with Crippen molar-refractivity contribution in [2.75, 3.05) is 35.0 Å². The number of benzene rings is 6. The zero-order valence-electron chi connectivity index (χ0n) is 32.9. The van der Waals surface area contributed by atoms with Crippen LogP contribution in [0.3, 0.4) is 0 Å². The van der Waals surface area contributed by atoms with Crippen LogP contribution in [0, 0.1) is 13.8 Å². The second kappa shape index (κ2) is 18.6. The number of ether oxygens (including phenoxy) is 4. The van der Waals surface area contributed by atoms with E-state index in [0.29, 0.717) is 51.9 Å². The van der Waals surface area contributed by atoms with Gasteiger partial charge in [0.1, 0.15) is 36.2 Å². The number of hydrogen-bond donors (Lipinski definition) is 0. The predicted molar refractivity (Wildman–Crippen MR) is 231 cm³/mol. The molecular weight excluding hydrogens is 785 g/mol. The van der Waals surface area contributed by atoms with Crippen LogP contribution in [0.15, 0.2) is 168 Å². The number of hydrogen-bond acceptors (Lipinski definition) is 8. The van der Waals surface area contributed by atoms with E-state index in [1.165, 1.54) is 8.61 Å². The largest absolute Gasteiger partial charge is 0.491 e. The summed E-state index contributed by atoms with van der Waals surface area (Å²) in [7, 11) is -8.18. The van der Waals surface area contributed by atoms with E-state index >= 15 is 0 Å². The lowest BCUT2D eigenvalue weighted by molar-refractivity contribution is 0.248. The molecule has 0 fully saturated rings. The van der Waals surface area contributed by atoms with Crippen molar-refractivity contribution >= 4 is 31.4 Å². The van der Waals surface area contributed by atoms with Crippen molar-refractivity contribution in [2.45, 2.75) is 43.1 Å². The van der Waals surface area contributed by atoms with Gasteiger partial charge in [-0.2, -0.15) is 0 Å². The zero-order chi connectivity index (χ0) is 41.2. The summed E-state index contributed by atoms with van der Waals surface area (Å²) in [6.45, 7) is 4.49. The lowest BCUT2D eigenvalue weighted by atomic mass is 10.2.